The quantitative estimate of drug-likeness (QED) is 0.392. The maximum Gasteiger partial charge on any atom is 2.00 e. The maximum atomic E-state index is 10.1. The Bertz CT molecular complexity index is 324. The van der Waals surface area contributed by atoms with E-state index in [4.69, 9.17) is 10.2 Å². The first-order chi connectivity index (χ1) is 9.18. The average Bonchev–Trinajstić information content (AvgIpc) is 2.32. The first-order valence-electron chi connectivity index (χ1n) is 5.92. The van der Waals surface area contributed by atoms with Crippen molar-refractivity contribution in [3.05, 3.63) is 0 Å². The van der Waals surface area contributed by atoms with Gasteiger partial charge in [0.2, 0.25) is 0 Å². The van der Waals surface area contributed by atoms with Gasteiger partial charge in [-0.15, -0.1) is 0 Å². The molecule has 0 fully saturated rings. The van der Waals surface area contributed by atoms with Gasteiger partial charge in [-0.3, -0.25) is 9.98 Å². The van der Waals surface area contributed by atoms with Crippen LogP contribution in [0.25, 0.3) is 0 Å². The van der Waals surface area contributed by atoms with E-state index in [0.29, 0.717) is 0 Å². The van der Waals surface area contributed by atoms with Crippen LogP contribution < -0.4 is 10.2 Å². The van der Waals surface area contributed by atoms with Crippen molar-refractivity contribution in [3.8, 4) is 0 Å². The molecule has 8 nitrogen and oxygen atoms in total. The van der Waals surface area contributed by atoms with Crippen LogP contribution in [-0.4, -0.2) is 58.9 Å². The Kier molecular flexibility index (Phi) is 16.1. The summed E-state index contributed by atoms with van der Waals surface area (Å²) in [6.45, 7) is 5.87. The summed E-state index contributed by atoms with van der Waals surface area (Å²) in [6.07, 6.45) is 0.655. The minimum atomic E-state index is -1.35. The molecule has 122 valence electrons. The third-order valence-electron chi connectivity index (χ3n) is 2.02. The minimum Gasteiger partial charge on any atom is -0.548 e. The zero-order valence-electron chi connectivity index (χ0n) is 12.2. The molecule has 0 aromatic heterocycles. The van der Waals surface area contributed by atoms with Gasteiger partial charge in [-0.1, -0.05) is 0 Å². The second-order valence-electron chi connectivity index (χ2n) is 3.82. The van der Waals surface area contributed by atoms with Gasteiger partial charge in [-0.2, -0.15) is 0 Å². The number of aliphatic hydroxyl groups is 2. The molecule has 0 spiro atoms. The van der Waals surface area contributed by atoms with Crippen molar-refractivity contribution in [2.75, 3.05) is 0 Å². The average molecular weight is 344 g/mol. The van der Waals surface area contributed by atoms with Gasteiger partial charge in [0.05, 0.1) is 24.1 Å². The molecule has 0 radical (unpaired) electrons. The van der Waals surface area contributed by atoms with Crippen molar-refractivity contribution in [2.45, 2.75) is 52.0 Å². The zero-order valence-corrected chi connectivity index (χ0v) is 13.3. The van der Waals surface area contributed by atoms with Crippen molar-refractivity contribution in [1.29, 1.82) is 0 Å². The van der Waals surface area contributed by atoms with E-state index >= 15 is 0 Å². The van der Waals surface area contributed by atoms with E-state index in [2.05, 4.69) is 9.98 Å². The number of rotatable bonds is 6. The third kappa shape index (κ3) is 12.2. The molecule has 2 N–H and O–H groups in total. The number of aliphatic carboxylic acids is 2. The summed E-state index contributed by atoms with van der Waals surface area (Å²) in [5.41, 5.74) is 0. The van der Waals surface area contributed by atoms with Crippen LogP contribution in [0.4, 0.5) is 0 Å². The Morgan fingerprint density at radius 1 is 0.905 bits per heavy atom. The summed E-state index contributed by atoms with van der Waals surface area (Å²) in [7, 11) is 0. The number of aliphatic imine (C=N–C) groups is 2. The normalized spacial score (nSPS) is 16.3. The van der Waals surface area contributed by atoms with Crippen molar-refractivity contribution < 1.29 is 47.1 Å². The Balaban J connectivity index is -0.000000295. The smallest absolute Gasteiger partial charge is 0.548 e. The molecule has 0 bridgehead atoms. The van der Waals surface area contributed by atoms with Crippen molar-refractivity contribution in [2.24, 2.45) is 9.98 Å². The minimum absolute atomic E-state index is 0. The molecule has 0 amide bonds. The van der Waals surface area contributed by atoms with Crippen molar-refractivity contribution in [1.82, 2.24) is 0 Å². The fraction of sp³-hybridized carbons (Fsp3) is 0.667. The molecule has 0 rings (SSSR count). The molecule has 0 aliphatic carbocycles. The van der Waals surface area contributed by atoms with E-state index in [0.717, 1.165) is 0 Å². The molecule has 0 saturated carbocycles. The monoisotopic (exact) mass is 344 g/mol. The first-order valence-corrected chi connectivity index (χ1v) is 5.92. The second-order valence-corrected chi connectivity index (χ2v) is 3.82. The van der Waals surface area contributed by atoms with Gasteiger partial charge in [0.25, 0.3) is 0 Å². The van der Waals surface area contributed by atoms with Crippen LogP contribution in [0.5, 0.6) is 0 Å². The Hall–Kier alpha value is -1.28. The van der Waals surface area contributed by atoms with Gasteiger partial charge in [0, 0.05) is 0 Å². The van der Waals surface area contributed by atoms with E-state index in [-0.39, 0.29) is 17.1 Å². The molecule has 21 heavy (non-hydrogen) atoms. The van der Waals surface area contributed by atoms with Crippen molar-refractivity contribution >= 4 is 24.4 Å². The first kappa shape index (κ1) is 24.7. The summed E-state index contributed by atoms with van der Waals surface area (Å²) in [6, 6.07) is -2.27. The van der Waals surface area contributed by atoms with Crippen LogP contribution in [0, 0.1) is 0 Å². The second kappa shape index (κ2) is 13.7. The van der Waals surface area contributed by atoms with Gasteiger partial charge in [0.15, 0.2) is 0 Å². The molecule has 0 aliphatic heterocycles. The molecular weight excluding hydrogens is 324 g/mol. The summed E-state index contributed by atoms with van der Waals surface area (Å²) in [4.78, 5) is 27.3. The Morgan fingerprint density at radius 3 is 1.19 bits per heavy atom. The van der Waals surface area contributed by atoms with Crippen LogP contribution in [0.15, 0.2) is 9.98 Å². The van der Waals surface area contributed by atoms with Crippen LogP contribution in [0.2, 0.25) is 0 Å². The fourth-order valence-corrected chi connectivity index (χ4v) is 1.09. The molecule has 0 aliphatic rings. The number of hydrogen-bond acceptors (Lipinski definition) is 8. The van der Waals surface area contributed by atoms with E-state index in [1.807, 2.05) is 0 Å². The molecule has 0 aromatic rings. The number of nitrogens with zero attached hydrogens (tertiary/aromatic N) is 2. The predicted octanol–water partition coefficient (Wildman–Crippen LogP) is -2.85. The number of carboxylic acids is 2. The molecule has 0 heterocycles. The zero-order chi connectivity index (χ0) is 16.3. The molecular formula is C12H20FeN2O6. The fourth-order valence-electron chi connectivity index (χ4n) is 1.09. The molecule has 0 saturated heterocycles. The van der Waals surface area contributed by atoms with E-state index in [1.54, 1.807) is 13.8 Å². The van der Waals surface area contributed by atoms with Crippen LogP contribution >= 0.6 is 0 Å². The van der Waals surface area contributed by atoms with E-state index in [1.165, 1.54) is 26.3 Å². The standard InChI is InChI=1S/2C6H11NO3.Fe/c2*1-3-7-5(4(2)8)6(9)10;/h2*3-5,8H,1-2H3,(H,9,10);/q;;+2/p-2/t2*4-,5+;/m11./s1. The van der Waals surface area contributed by atoms with Gasteiger partial charge in [-0.05, 0) is 40.1 Å². The molecule has 9 heteroatoms. The molecule has 0 unspecified atom stereocenters. The number of aliphatic hydroxyl groups excluding tert-OH is 2. The Labute approximate surface area is 134 Å². The SMILES string of the molecule is CC=N[C@H](C(=O)[O-])[C@@H](C)O.CC=N[C@H](C(=O)[O-])[C@@H](C)O.[Fe+2]. The largest absolute Gasteiger partial charge is 2.00 e. The number of carboxylic acid groups (broad SMARTS) is 2. The van der Waals surface area contributed by atoms with Crippen LogP contribution in [-0.2, 0) is 26.7 Å². The summed E-state index contributed by atoms with van der Waals surface area (Å²) >= 11 is 0. The third-order valence-corrected chi connectivity index (χ3v) is 2.02. The maximum absolute atomic E-state index is 10.1. The Morgan fingerprint density at radius 2 is 1.14 bits per heavy atom. The van der Waals surface area contributed by atoms with E-state index < -0.39 is 36.2 Å². The number of hydrogen-bond donors (Lipinski definition) is 2. The topological polar surface area (TPSA) is 145 Å². The van der Waals surface area contributed by atoms with Gasteiger partial charge >= 0.3 is 17.1 Å². The summed E-state index contributed by atoms with van der Waals surface area (Å²) in [5, 5.41) is 37.9. The van der Waals surface area contributed by atoms with Crippen LogP contribution in [0.3, 0.4) is 0 Å². The van der Waals surface area contributed by atoms with Gasteiger partial charge < -0.3 is 30.0 Å². The molecule has 4 atom stereocenters. The summed E-state index contributed by atoms with van der Waals surface area (Å²) in [5.74, 6) is -2.71. The summed E-state index contributed by atoms with van der Waals surface area (Å²) < 4.78 is 0. The van der Waals surface area contributed by atoms with E-state index in [9.17, 15) is 19.8 Å². The van der Waals surface area contributed by atoms with Gasteiger partial charge in [0.1, 0.15) is 12.1 Å². The van der Waals surface area contributed by atoms with Gasteiger partial charge in [-0.25, -0.2) is 0 Å². The van der Waals surface area contributed by atoms with Crippen LogP contribution in [0.1, 0.15) is 27.7 Å². The van der Waals surface area contributed by atoms with Crippen molar-refractivity contribution in [3.63, 3.8) is 0 Å². The number of carbonyl (C=O) groups is 2. The predicted molar refractivity (Wildman–Crippen MR) is 69.3 cm³/mol. The molecule has 0 aromatic carbocycles. The number of carbonyl (C=O) groups excluding carboxylic acids is 2.